The fourth-order valence-electron chi connectivity index (χ4n) is 2.86. The lowest BCUT2D eigenvalue weighted by atomic mass is 9.76. The highest BCUT2D eigenvalue weighted by Crippen LogP contribution is 2.44. The van der Waals surface area contributed by atoms with Gasteiger partial charge in [0.15, 0.2) is 0 Å². The highest BCUT2D eigenvalue weighted by Gasteiger charge is 2.40. The molecule has 1 aromatic rings. The van der Waals surface area contributed by atoms with Crippen molar-refractivity contribution in [3.05, 3.63) is 23.8 Å². The number of nitrogens with one attached hydrogen (secondary N) is 1. The number of fused-ring (bicyclic) bond motifs is 2. The van der Waals surface area contributed by atoms with Crippen molar-refractivity contribution in [3.63, 3.8) is 0 Å². The van der Waals surface area contributed by atoms with Crippen molar-refractivity contribution in [2.75, 3.05) is 25.1 Å². The van der Waals surface area contributed by atoms with Crippen molar-refractivity contribution in [2.45, 2.75) is 24.9 Å². The third-order valence-corrected chi connectivity index (χ3v) is 3.85. The van der Waals surface area contributed by atoms with Gasteiger partial charge in [-0.2, -0.15) is 8.78 Å². The third kappa shape index (κ3) is 1.92. The zero-order chi connectivity index (χ0) is 12.6. The number of ether oxygens (including phenoxy) is 2. The third-order valence-electron chi connectivity index (χ3n) is 3.85. The Balaban J connectivity index is 1.93. The van der Waals surface area contributed by atoms with Crippen LogP contribution in [0.2, 0.25) is 0 Å². The molecule has 0 saturated carbocycles. The van der Waals surface area contributed by atoms with Crippen LogP contribution in [0.25, 0.3) is 0 Å². The molecule has 18 heavy (non-hydrogen) atoms. The van der Waals surface area contributed by atoms with E-state index in [1.807, 2.05) is 6.07 Å². The summed E-state index contributed by atoms with van der Waals surface area (Å²) in [5.41, 5.74) is 2.14. The van der Waals surface area contributed by atoms with Crippen LogP contribution in [0.1, 0.15) is 18.4 Å². The van der Waals surface area contributed by atoms with Crippen molar-refractivity contribution < 1.29 is 18.3 Å². The molecule has 0 aliphatic carbocycles. The Labute approximate surface area is 104 Å². The van der Waals surface area contributed by atoms with Crippen molar-refractivity contribution >= 4 is 5.69 Å². The Bertz CT molecular complexity index is 439. The molecule has 0 bridgehead atoms. The molecule has 2 heterocycles. The van der Waals surface area contributed by atoms with E-state index < -0.39 is 6.61 Å². The lowest BCUT2D eigenvalue weighted by molar-refractivity contribution is -0.0499. The van der Waals surface area contributed by atoms with E-state index in [9.17, 15) is 8.78 Å². The Hall–Kier alpha value is -1.36. The van der Waals surface area contributed by atoms with Crippen molar-refractivity contribution in [3.8, 4) is 5.75 Å². The normalized spacial score (nSPS) is 20.8. The van der Waals surface area contributed by atoms with Crippen molar-refractivity contribution in [1.29, 1.82) is 0 Å². The van der Waals surface area contributed by atoms with Gasteiger partial charge >= 0.3 is 6.61 Å². The SMILES string of the molecule is FC(F)Oc1ccc2c(c1)C1(CCOCC1)CN2. The van der Waals surface area contributed by atoms with Crippen molar-refractivity contribution in [2.24, 2.45) is 0 Å². The number of alkyl halides is 2. The van der Waals surface area contributed by atoms with E-state index in [1.54, 1.807) is 12.1 Å². The molecule has 0 atom stereocenters. The van der Waals surface area contributed by atoms with Crippen LogP contribution in [0.3, 0.4) is 0 Å². The van der Waals surface area contributed by atoms with Crippen LogP contribution in [-0.2, 0) is 10.2 Å². The molecule has 0 aromatic heterocycles. The summed E-state index contributed by atoms with van der Waals surface area (Å²) in [6.07, 6.45) is 1.84. The first kappa shape index (κ1) is 11.7. The smallest absolute Gasteiger partial charge is 0.387 e. The molecule has 1 fully saturated rings. The van der Waals surface area contributed by atoms with E-state index in [4.69, 9.17) is 4.74 Å². The van der Waals surface area contributed by atoms with Crippen molar-refractivity contribution in [1.82, 2.24) is 0 Å². The number of rotatable bonds is 2. The van der Waals surface area contributed by atoms with Crippen LogP contribution in [0, 0.1) is 0 Å². The maximum Gasteiger partial charge on any atom is 0.387 e. The number of benzene rings is 1. The second-order valence-corrected chi connectivity index (χ2v) is 4.83. The maximum absolute atomic E-state index is 12.2. The molecule has 2 aliphatic rings. The minimum Gasteiger partial charge on any atom is -0.435 e. The van der Waals surface area contributed by atoms with Crippen LogP contribution < -0.4 is 10.1 Å². The predicted molar refractivity (Wildman–Crippen MR) is 63.3 cm³/mol. The quantitative estimate of drug-likeness (QED) is 0.881. The Morgan fingerprint density at radius 2 is 2.06 bits per heavy atom. The van der Waals surface area contributed by atoms with Gasteiger partial charge in [-0.1, -0.05) is 0 Å². The number of hydrogen-bond acceptors (Lipinski definition) is 3. The van der Waals surface area contributed by atoms with Gasteiger partial charge in [-0.05, 0) is 36.6 Å². The van der Waals surface area contributed by atoms with E-state index in [0.29, 0.717) is 0 Å². The van der Waals surface area contributed by atoms with Crippen LogP contribution in [0.4, 0.5) is 14.5 Å². The lowest BCUT2D eigenvalue weighted by Crippen LogP contribution is -2.35. The zero-order valence-corrected chi connectivity index (χ0v) is 9.92. The molecule has 0 radical (unpaired) electrons. The Morgan fingerprint density at radius 3 is 2.78 bits per heavy atom. The molecule has 3 rings (SSSR count). The first-order chi connectivity index (χ1) is 8.70. The van der Waals surface area contributed by atoms with Gasteiger partial charge in [0.25, 0.3) is 0 Å². The van der Waals surface area contributed by atoms with Gasteiger partial charge in [-0.25, -0.2) is 0 Å². The minimum absolute atomic E-state index is 0.0229. The van der Waals surface area contributed by atoms with E-state index >= 15 is 0 Å². The summed E-state index contributed by atoms with van der Waals surface area (Å²) < 4.78 is 34.4. The Morgan fingerprint density at radius 1 is 1.28 bits per heavy atom. The van der Waals surface area contributed by atoms with Crippen LogP contribution in [0.5, 0.6) is 5.75 Å². The molecule has 2 aliphatic heterocycles. The van der Waals surface area contributed by atoms with E-state index in [-0.39, 0.29) is 11.2 Å². The summed E-state index contributed by atoms with van der Waals surface area (Å²) in [6.45, 7) is -0.477. The first-order valence-electron chi connectivity index (χ1n) is 6.11. The van der Waals surface area contributed by atoms with Gasteiger partial charge in [0.1, 0.15) is 5.75 Å². The highest BCUT2D eigenvalue weighted by atomic mass is 19.3. The summed E-state index contributed by atoms with van der Waals surface area (Å²) in [5, 5.41) is 3.34. The first-order valence-corrected chi connectivity index (χ1v) is 6.11. The molecule has 0 unspecified atom stereocenters. The summed E-state index contributed by atoms with van der Waals surface area (Å²) in [5.74, 6) is 0.235. The van der Waals surface area contributed by atoms with Crippen LogP contribution in [-0.4, -0.2) is 26.4 Å². The average Bonchev–Trinajstić information content (AvgIpc) is 2.69. The molecular formula is C13H15F2NO2. The Kier molecular flexibility index (Phi) is 2.86. The molecule has 1 N–H and O–H groups in total. The lowest BCUT2D eigenvalue weighted by Gasteiger charge is -2.33. The summed E-state index contributed by atoms with van der Waals surface area (Å²) >= 11 is 0. The van der Waals surface area contributed by atoms with Gasteiger partial charge in [0, 0.05) is 30.9 Å². The maximum atomic E-state index is 12.2. The molecule has 1 aromatic carbocycles. The van der Waals surface area contributed by atoms with Gasteiger partial charge < -0.3 is 14.8 Å². The number of halogens is 2. The monoisotopic (exact) mass is 255 g/mol. The van der Waals surface area contributed by atoms with Gasteiger partial charge in [0.05, 0.1) is 0 Å². The highest BCUT2D eigenvalue weighted by molar-refractivity contribution is 5.62. The van der Waals surface area contributed by atoms with Gasteiger partial charge in [0.2, 0.25) is 0 Å². The van der Waals surface area contributed by atoms with E-state index in [1.165, 1.54) is 0 Å². The topological polar surface area (TPSA) is 30.5 Å². The second-order valence-electron chi connectivity index (χ2n) is 4.83. The molecule has 1 saturated heterocycles. The molecule has 1 spiro atoms. The summed E-state index contributed by atoms with van der Waals surface area (Å²) in [4.78, 5) is 0. The predicted octanol–water partition coefficient (Wildman–Crippen LogP) is 2.76. The van der Waals surface area contributed by atoms with Crippen LogP contribution >= 0.6 is 0 Å². The molecule has 0 amide bonds. The van der Waals surface area contributed by atoms with Gasteiger partial charge in [-0.15, -0.1) is 0 Å². The number of hydrogen-bond donors (Lipinski definition) is 1. The molecule has 98 valence electrons. The second kappa shape index (κ2) is 4.39. The fourth-order valence-corrected chi connectivity index (χ4v) is 2.86. The van der Waals surface area contributed by atoms with Gasteiger partial charge in [-0.3, -0.25) is 0 Å². The largest absolute Gasteiger partial charge is 0.435 e. The zero-order valence-electron chi connectivity index (χ0n) is 9.92. The number of anilines is 1. The standard InChI is InChI=1S/C13H15F2NO2/c14-12(15)18-9-1-2-11-10(7-9)13(8-16-11)3-5-17-6-4-13/h1-2,7,12,16H,3-6,8H2. The minimum atomic E-state index is -2.77. The van der Waals surface area contributed by atoms with Crippen LogP contribution in [0.15, 0.2) is 18.2 Å². The summed E-state index contributed by atoms with van der Waals surface area (Å²) in [6, 6.07) is 5.14. The molecule has 5 heteroatoms. The molecule has 3 nitrogen and oxygen atoms in total. The van der Waals surface area contributed by atoms with E-state index in [2.05, 4.69) is 10.1 Å². The average molecular weight is 255 g/mol. The molecular weight excluding hydrogens is 240 g/mol. The fraction of sp³-hybridized carbons (Fsp3) is 0.538. The van der Waals surface area contributed by atoms with E-state index in [0.717, 1.165) is 43.9 Å². The summed E-state index contributed by atoms with van der Waals surface area (Å²) in [7, 11) is 0.